The van der Waals surface area contributed by atoms with Gasteiger partial charge in [0.05, 0.1) is 0 Å². The second-order valence-corrected chi connectivity index (χ2v) is 3.33. The van der Waals surface area contributed by atoms with Gasteiger partial charge in [-0.25, -0.2) is 0 Å². The maximum absolute atomic E-state index is 3.64. The molecule has 0 aromatic heterocycles. The van der Waals surface area contributed by atoms with Crippen LogP contribution in [0.5, 0.6) is 0 Å². The van der Waals surface area contributed by atoms with E-state index in [1.165, 1.54) is 32.1 Å². The highest BCUT2D eigenvalue weighted by molar-refractivity contribution is 4.81. The van der Waals surface area contributed by atoms with Crippen molar-refractivity contribution in [3.05, 3.63) is 0 Å². The summed E-state index contributed by atoms with van der Waals surface area (Å²) in [5.41, 5.74) is 0. The second kappa shape index (κ2) is 3.97. The molecule has 1 heterocycles. The van der Waals surface area contributed by atoms with Crippen LogP contribution >= 0.6 is 0 Å². The number of hydrogen-bond donors (Lipinski definition) is 1. The summed E-state index contributed by atoms with van der Waals surface area (Å²) in [6.45, 7) is 4.53. The van der Waals surface area contributed by atoms with E-state index in [9.17, 15) is 0 Å². The van der Waals surface area contributed by atoms with Crippen LogP contribution in [0.3, 0.4) is 0 Å². The van der Waals surface area contributed by atoms with Crippen molar-refractivity contribution in [2.75, 3.05) is 0 Å². The van der Waals surface area contributed by atoms with Crippen molar-refractivity contribution in [3.8, 4) is 0 Å². The minimum atomic E-state index is 0.830. The van der Waals surface area contributed by atoms with Crippen LogP contribution in [0.1, 0.15) is 46.0 Å². The highest BCUT2D eigenvalue weighted by Crippen LogP contribution is 2.17. The third kappa shape index (κ3) is 1.98. The van der Waals surface area contributed by atoms with Crippen LogP contribution in [0.25, 0.3) is 0 Å². The molecule has 0 spiro atoms. The van der Waals surface area contributed by atoms with Crippen molar-refractivity contribution in [2.24, 2.45) is 0 Å². The SMILES string of the molecule is CCCC1CCC(CC)N1. The van der Waals surface area contributed by atoms with Crippen LogP contribution in [-0.2, 0) is 0 Å². The lowest BCUT2D eigenvalue weighted by Crippen LogP contribution is -2.28. The molecule has 1 N–H and O–H groups in total. The average Bonchev–Trinajstić information content (AvgIpc) is 2.37. The van der Waals surface area contributed by atoms with Gasteiger partial charge < -0.3 is 5.32 Å². The molecule has 1 aliphatic heterocycles. The summed E-state index contributed by atoms with van der Waals surface area (Å²) >= 11 is 0. The summed E-state index contributed by atoms with van der Waals surface area (Å²) in [5.74, 6) is 0. The first-order valence-electron chi connectivity index (χ1n) is 4.62. The fourth-order valence-corrected chi connectivity index (χ4v) is 1.80. The molecule has 60 valence electrons. The number of nitrogens with one attached hydrogen (secondary N) is 1. The second-order valence-electron chi connectivity index (χ2n) is 3.33. The Morgan fingerprint density at radius 1 is 1.20 bits per heavy atom. The molecular weight excluding hydrogens is 122 g/mol. The zero-order valence-electron chi connectivity index (χ0n) is 7.19. The molecule has 0 aromatic carbocycles. The van der Waals surface area contributed by atoms with Crippen molar-refractivity contribution in [1.82, 2.24) is 5.32 Å². The monoisotopic (exact) mass is 141 g/mol. The Morgan fingerprint density at radius 3 is 2.40 bits per heavy atom. The van der Waals surface area contributed by atoms with E-state index in [0.717, 1.165) is 12.1 Å². The molecule has 1 heteroatoms. The Hall–Kier alpha value is -0.0400. The van der Waals surface area contributed by atoms with E-state index in [1.807, 2.05) is 0 Å². The standard InChI is InChI=1S/C9H19N/c1-3-5-9-7-6-8(4-2)10-9/h8-10H,3-7H2,1-2H3. The minimum Gasteiger partial charge on any atom is -0.311 e. The van der Waals surface area contributed by atoms with E-state index < -0.39 is 0 Å². The third-order valence-corrected chi connectivity index (χ3v) is 2.46. The van der Waals surface area contributed by atoms with Gasteiger partial charge in [-0.15, -0.1) is 0 Å². The first kappa shape index (κ1) is 8.06. The molecule has 1 nitrogen and oxygen atoms in total. The van der Waals surface area contributed by atoms with Crippen LogP contribution in [0, 0.1) is 0 Å². The molecule has 0 radical (unpaired) electrons. The van der Waals surface area contributed by atoms with E-state index in [2.05, 4.69) is 19.2 Å². The molecule has 2 atom stereocenters. The highest BCUT2D eigenvalue weighted by Gasteiger charge is 2.20. The van der Waals surface area contributed by atoms with Crippen LogP contribution < -0.4 is 5.32 Å². The van der Waals surface area contributed by atoms with Crippen LogP contribution in [0.15, 0.2) is 0 Å². The maximum Gasteiger partial charge on any atom is 0.00701 e. The van der Waals surface area contributed by atoms with E-state index in [4.69, 9.17) is 0 Å². The van der Waals surface area contributed by atoms with Crippen molar-refractivity contribution in [1.29, 1.82) is 0 Å². The molecular formula is C9H19N. The molecule has 1 rings (SSSR count). The summed E-state index contributed by atoms with van der Waals surface area (Å²) in [6, 6.07) is 1.67. The van der Waals surface area contributed by atoms with Crippen molar-refractivity contribution in [2.45, 2.75) is 58.0 Å². The van der Waals surface area contributed by atoms with Crippen LogP contribution in [0.2, 0.25) is 0 Å². The number of hydrogen-bond acceptors (Lipinski definition) is 1. The summed E-state index contributed by atoms with van der Waals surface area (Å²) < 4.78 is 0. The summed E-state index contributed by atoms with van der Waals surface area (Å²) in [5, 5.41) is 3.64. The van der Waals surface area contributed by atoms with Gasteiger partial charge in [0, 0.05) is 12.1 Å². The third-order valence-electron chi connectivity index (χ3n) is 2.46. The lowest BCUT2D eigenvalue weighted by Gasteiger charge is -2.10. The maximum atomic E-state index is 3.64. The fourth-order valence-electron chi connectivity index (χ4n) is 1.80. The van der Waals surface area contributed by atoms with Crippen LogP contribution in [0.4, 0.5) is 0 Å². The Morgan fingerprint density at radius 2 is 1.90 bits per heavy atom. The van der Waals surface area contributed by atoms with Crippen molar-refractivity contribution >= 4 is 0 Å². The lowest BCUT2D eigenvalue weighted by molar-refractivity contribution is 0.498. The molecule has 1 fully saturated rings. The normalized spacial score (nSPS) is 33.0. The van der Waals surface area contributed by atoms with E-state index in [1.54, 1.807) is 0 Å². The zero-order valence-corrected chi connectivity index (χ0v) is 7.19. The van der Waals surface area contributed by atoms with Crippen molar-refractivity contribution < 1.29 is 0 Å². The molecule has 1 aliphatic rings. The Bertz CT molecular complexity index is 90.7. The summed E-state index contributed by atoms with van der Waals surface area (Å²) in [4.78, 5) is 0. The van der Waals surface area contributed by atoms with E-state index in [-0.39, 0.29) is 0 Å². The topological polar surface area (TPSA) is 12.0 Å². The summed E-state index contributed by atoms with van der Waals surface area (Å²) in [6.07, 6.45) is 6.82. The Balaban J connectivity index is 2.15. The highest BCUT2D eigenvalue weighted by atomic mass is 15.0. The van der Waals surface area contributed by atoms with Gasteiger partial charge in [-0.05, 0) is 25.7 Å². The van der Waals surface area contributed by atoms with Gasteiger partial charge in [-0.2, -0.15) is 0 Å². The first-order valence-corrected chi connectivity index (χ1v) is 4.62. The smallest absolute Gasteiger partial charge is 0.00701 e. The van der Waals surface area contributed by atoms with Gasteiger partial charge in [-0.3, -0.25) is 0 Å². The molecule has 0 bridgehead atoms. The Kier molecular flexibility index (Phi) is 3.20. The minimum absolute atomic E-state index is 0.830. The fraction of sp³-hybridized carbons (Fsp3) is 1.00. The average molecular weight is 141 g/mol. The predicted octanol–water partition coefficient (Wildman–Crippen LogP) is 2.32. The summed E-state index contributed by atoms with van der Waals surface area (Å²) in [7, 11) is 0. The first-order chi connectivity index (χ1) is 4.86. The lowest BCUT2D eigenvalue weighted by atomic mass is 10.1. The predicted molar refractivity (Wildman–Crippen MR) is 45.1 cm³/mol. The largest absolute Gasteiger partial charge is 0.311 e. The molecule has 0 amide bonds. The molecule has 0 aliphatic carbocycles. The van der Waals surface area contributed by atoms with Gasteiger partial charge in [0.25, 0.3) is 0 Å². The van der Waals surface area contributed by atoms with Crippen LogP contribution in [-0.4, -0.2) is 12.1 Å². The molecule has 1 saturated heterocycles. The molecule has 2 unspecified atom stereocenters. The Labute approximate surface area is 64.2 Å². The van der Waals surface area contributed by atoms with Crippen molar-refractivity contribution in [3.63, 3.8) is 0 Å². The van der Waals surface area contributed by atoms with Gasteiger partial charge in [0.15, 0.2) is 0 Å². The van der Waals surface area contributed by atoms with Gasteiger partial charge in [0.1, 0.15) is 0 Å². The van der Waals surface area contributed by atoms with E-state index >= 15 is 0 Å². The quantitative estimate of drug-likeness (QED) is 0.636. The zero-order chi connectivity index (χ0) is 7.40. The number of rotatable bonds is 3. The van der Waals surface area contributed by atoms with Gasteiger partial charge >= 0.3 is 0 Å². The molecule has 0 saturated carbocycles. The molecule has 0 aromatic rings. The van der Waals surface area contributed by atoms with E-state index in [0.29, 0.717) is 0 Å². The van der Waals surface area contributed by atoms with Gasteiger partial charge in [0.2, 0.25) is 0 Å². The van der Waals surface area contributed by atoms with Gasteiger partial charge in [-0.1, -0.05) is 20.3 Å². The molecule has 10 heavy (non-hydrogen) atoms.